The fraction of sp³-hybridized carbons (Fsp3) is 0.417. The second kappa shape index (κ2) is 4.62. The monoisotopic (exact) mass is 265 g/mol. The molecule has 2 aromatic rings. The van der Waals surface area contributed by atoms with Crippen LogP contribution in [0, 0.1) is 12.8 Å². The molecule has 5 nitrogen and oxygen atoms in total. The van der Waals surface area contributed by atoms with Gasteiger partial charge in [0.15, 0.2) is 0 Å². The summed E-state index contributed by atoms with van der Waals surface area (Å²) in [5, 5.41) is 22.1. The second-order valence-corrected chi connectivity index (χ2v) is 5.63. The molecule has 0 aliphatic rings. The lowest BCUT2D eigenvalue weighted by Crippen LogP contribution is -2.25. The van der Waals surface area contributed by atoms with Gasteiger partial charge in [-0.05, 0) is 12.8 Å². The van der Waals surface area contributed by atoms with Crippen molar-refractivity contribution in [2.45, 2.75) is 26.9 Å². The van der Waals surface area contributed by atoms with Gasteiger partial charge in [-0.2, -0.15) is 0 Å². The molecule has 0 radical (unpaired) electrons. The molecular formula is C12H13N2O3S-. The van der Waals surface area contributed by atoms with Crippen LogP contribution in [0.5, 0.6) is 0 Å². The third kappa shape index (κ3) is 2.09. The molecule has 0 aliphatic heterocycles. The number of pyridine rings is 1. The van der Waals surface area contributed by atoms with Crippen LogP contribution in [0.3, 0.4) is 0 Å². The minimum atomic E-state index is -1.34. The number of aryl methyl sites for hydroxylation is 1. The number of rotatable bonds is 3. The molecule has 96 valence electrons. The number of aromatic carboxylic acids is 1. The van der Waals surface area contributed by atoms with E-state index in [2.05, 4.69) is 9.97 Å². The summed E-state index contributed by atoms with van der Waals surface area (Å²) in [4.78, 5) is 20.1. The Kier molecular flexibility index (Phi) is 3.32. The number of carboxylic acid groups (broad SMARTS) is 1. The predicted octanol–water partition coefficient (Wildman–Crippen LogP) is 1.05. The molecule has 2 heterocycles. The summed E-state index contributed by atoms with van der Waals surface area (Å²) in [7, 11) is 0. The Labute approximate surface area is 108 Å². The zero-order valence-electron chi connectivity index (χ0n) is 10.3. The SMILES string of the molecule is Cc1nc2c(C(O)C(C)C)c(C(=O)[O-])cnc2s1. The smallest absolute Gasteiger partial charge is 0.143 e. The number of aromatic nitrogens is 2. The molecule has 1 atom stereocenters. The van der Waals surface area contributed by atoms with Gasteiger partial charge in [0.2, 0.25) is 0 Å². The molecular weight excluding hydrogens is 252 g/mol. The Hall–Kier alpha value is -1.53. The Morgan fingerprint density at radius 3 is 2.72 bits per heavy atom. The van der Waals surface area contributed by atoms with Crippen LogP contribution in [0.2, 0.25) is 0 Å². The Morgan fingerprint density at radius 2 is 2.17 bits per heavy atom. The van der Waals surface area contributed by atoms with Gasteiger partial charge in [-0.15, -0.1) is 0 Å². The van der Waals surface area contributed by atoms with Gasteiger partial charge in [0.05, 0.1) is 17.1 Å². The quantitative estimate of drug-likeness (QED) is 0.896. The standard InChI is InChI=1S/C12H14N2O3S/c1-5(2)10(15)8-7(12(16)17)4-13-11-9(8)14-6(3)18-11/h4-5,10,15H,1-3H3,(H,16,17)/p-1. The van der Waals surface area contributed by atoms with E-state index in [9.17, 15) is 15.0 Å². The Balaban J connectivity index is 2.77. The van der Waals surface area contributed by atoms with E-state index in [0.717, 1.165) is 5.01 Å². The van der Waals surface area contributed by atoms with Crippen LogP contribution in [0.4, 0.5) is 0 Å². The number of hydrogen-bond donors (Lipinski definition) is 1. The topological polar surface area (TPSA) is 86.1 Å². The molecule has 2 rings (SSSR count). The largest absolute Gasteiger partial charge is 0.545 e. The van der Waals surface area contributed by atoms with Crippen LogP contribution in [-0.2, 0) is 0 Å². The highest BCUT2D eigenvalue weighted by Crippen LogP contribution is 2.32. The van der Waals surface area contributed by atoms with Crippen LogP contribution < -0.4 is 5.11 Å². The maximum absolute atomic E-state index is 11.1. The molecule has 1 N–H and O–H groups in total. The van der Waals surface area contributed by atoms with Gasteiger partial charge in [0, 0.05) is 17.3 Å². The number of nitrogens with zero attached hydrogens (tertiary/aromatic N) is 2. The number of carbonyl (C=O) groups excluding carboxylic acids is 1. The van der Waals surface area contributed by atoms with Crippen molar-refractivity contribution in [1.29, 1.82) is 0 Å². The highest BCUT2D eigenvalue weighted by atomic mass is 32.1. The first kappa shape index (κ1) is 12.9. The van der Waals surface area contributed by atoms with Crippen LogP contribution in [0.25, 0.3) is 10.3 Å². The van der Waals surface area contributed by atoms with Crippen molar-refractivity contribution in [2.75, 3.05) is 0 Å². The molecule has 0 aromatic carbocycles. The molecule has 0 saturated heterocycles. The molecule has 0 bridgehead atoms. The average Bonchev–Trinajstić information content (AvgIpc) is 2.66. The minimum absolute atomic E-state index is 0.0889. The second-order valence-electron chi connectivity index (χ2n) is 4.45. The number of fused-ring (bicyclic) bond motifs is 1. The third-order valence-electron chi connectivity index (χ3n) is 2.72. The number of aliphatic hydroxyl groups excluding tert-OH is 1. The minimum Gasteiger partial charge on any atom is -0.545 e. The number of hydrogen-bond acceptors (Lipinski definition) is 6. The van der Waals surface area contributed by atoms with Gasteiger partial charge in [0.25, 0.3) is 0 Å². The van der Waals surface area contributed by atoms with Crippen molar-refractivity contribution in [2.24, 2.45) is 5.92 Å². The molecule has 6 heteroatoms. The lowest BCUT2D eigenvalue weighted by molar-refractivity contribution is -0.255. The van der Waals surface area contributed by atoms with E-state index in [1.54, 1.807) is 0 Å². The van der Waals surface area contributed by atoms with Gasteiger partial charge in [-0.3, -0.25) is 0 Å². The zero-order chi connectivity index (χ0) is 13.4. The highest BCUT2D eigenvalue weighted by Gasteiger charge is 2.22. The molecule has 0 spiro atoms. The van der Waals surface area contributed by atoms with Gasteiger partial charge in [0.1, 0.15) is 10.3 Å². The molecule has 0 amide bonds. The van der Waals surface area contributed by atoms with E-state index >= 15 is 0 Å². The van der Waals surface area contributed by atoms with Crippen LogP contribution in [-0.4, -0.2) is 21.0 Å². The van der Waals surface area contributed by atoms with E-state index < -0.39 is 12.1 Å². The van der Waals surface area contributed by atoms with E-state index in [0.29, 0.717) is 15.9 Å². The predicted molar refractivity (Wildman–Crippen MR) is 66.3 cm³/mol. The third-order valence-corrected chi connectivity index (χ3v) is 3.60. The summed E-state index contributed by atoms with van der Waals surface area (Å²) in [6.45, 7) is 5.45. The van der Waals surface area contributed by atoms with Gasteiger partial charge < -0.3 is 15.0 Å². The van der Waals surface area contributed by atoms with Crippen molar-refractivity contribution in [1.82, 2.24) is 9.97 Å². The van der Waals surface area contributed by atoms with E-state index in [-0.39, 0.29) is 11.5 Å². The van der Waals surface area contributed by atoms with Crippen molar-refractivity contribution in [3.8, 4) is 0 Å². The Morgan fingerprint density at radius 1 is 1.50 bits per heavy atom. The summed E-state index contributed by atoms with van der Waals surface area (Å²) in [6.07, 6.45) is 0.334. The van der Waals surface area contributed by atoms with Crippen molar-refractivity contribution >= 4 is 27.7 Å². The number of aliphatic hydroxyl groups is 1. The molecule has 0 fully saturated rings. The number of thiazole rings is 1. The Bertz CT molecular complexity index is 607. The first-order chi connectivity index (χ1) is 8.41. The zero-order valence-corrected chi connectivity index (χ0v) is 11.1. The molecule has 1 unspecified atom stereocenters. The van der Waals surface area contributed by atoms with Gasteiger partial charge in [-0.1, -0.05) is 25.2 Å². The number of carbonyl (C=O) groups is 1. The maximum atomic E-state index is 11.1. The van der Waals surface area contributed by atoms with E-state index in [1.807, 2.05) is 20.8 Å². The van der Waals surface area contributed by atoms with Crippen molar-refractivity contribution in [3.63, 3.8) is 0 Å². The van der Waals surface area contributed by atoms with E-state index in [1.165, 1.54) is 17.5 Å². The van der Waals surface area contributed by atoms with Crippen molar-refractivity contribution < 1.29 is 15.0 Å². The molecule has 0 saturated carbocycles. The molecule has 18 heavy (non-hydrogen) atoms. The normalized spacial score (nSPS) is 13.2. The fourth-order valence-corrected chi connectivity index (χ4v) is 2.57. The first-order valence-corrected chi connectivity index (χ1v) is 6.39. The van der Waals surface area contributed by atoms with Crippen molar-refractivity contribution in [3.05, 3.63) is 22.3 Å². The van der Waals surface area contributed by atoms with Gasteiger partial charge in [-0.25, -0.2) is 9.97 Å². The fourth-order valence-electron chi connectivity index (χ4n) is 1.79. The summed E-state index contributed by atoms with van der Waals surface area (Å²) in [6, 6.07) is 0. The lowest BCUT2D eigenvalue weighted by Gasteiger charge is -2.19. The summed E-state index contributed by atoms with van der Waals surface area (Å²) in [5.41, 5.74) is 0.675. The van der Waals surface area contributed by atoms with Crippen LogP contribution in [0.1, 0.15) is 40.9 Å². The molecule has 2 aromatic heterocycles. The van der Waals surface area contributed by atoms with Crippen LogP contribution in [0.15, 0.2) is 6.20 Å². The van der Waals surface area contributed by atoms with Gasteiger partial charge >= 0.3 is 0 Å². The highest BCUT2D eigenvalue weighted by molar-refractivity contribution is 7.18. The first-order valence-electron chi connectivity index (χ1n) is 5.57. The summed E-state index contributed by atoms with van der Waals surface area (Å²) >= 11 is 1.37. The van der Waals surface area contributed by atoms with E-state index in [4.69, 9.17) is 0 Å². The molecule has 0 aliphatic carbocycles. The maximum Gasteiger partial charge on any atom is 0.143 e. The summed E-state index contributed by atoms with van der Waals surface area (Å²) < 4.78 is 0. The number of carboxylic acids is 1. The lowest BCUT2D eigenvalue weighted by atomic mass is 9.95. The summed E-state index contributed by atoms with van der Waals surface area (Å²) in [5.74, 6) is -1.46. The van der Waals surface area contributed by atoms with Crippen LogP contribution >= 0.6 is 11.3 Å². The average molecular weight is 265 g/mol.